The lowest BCUT2D eigenvalue weighted by Crippen LogP contribution is -2.37. The maximum Gasteiger partial charge on any atom is 0.253 e. The zero-order valence-corrected chi connectivity index (χ0v) is 18.0. The van der Waals surface area contributed by atoms with Crippen LogP contribution >= 0.6 is 0 Å². The van der Waals surface area contributed by atoms with E-state index >= 15 is 0 Å². The lowest BCUT2D eigenvalue weighted by atomic mass is 9.89. The summed E-state index contributed by atoms with van der Waals surface area (Å²) < 4.78 is 27.3. The van der Waals surface area contributed by atoms with Crippen molar-refractivity contribution in [3.63, 3.8) is 0 Å². The van der Waals surface area contributed by atoms with Crippen LogP contribution in [-0.2, 0) is 10.0 Å². The average Bonchev–Trinajstić information content (AvgIpc) is 3.56. The highest BCUT2D eigenvalue weighted by molar-refractivity contribution is 7.89. The zero-order chi connectivity index (χ0) is 20.3. The van der Waals surface area contributed by atoms with Gasteiger partial charge in [0.2, 0.25) is 10.0 Å². The van der Waals surface area contributed by atoms with Gasteiger partial charge in [0.25, 0.3) is 5.91 Å². The molecule has 0 spiro atoms. The van der Waals surface area contributed by atoms with Crippen molar-refractivity contribution in [1.29, 1.82) is 0 Å². The molecule has 6 nitrogen and oxygen atoms in total. The van der Waals surface area contributed by atoms with Crippen LogP contribution in [0, 0.1) is 5.92 Å². The number of hydrogen-bond acceptors (Lipinski definition) is 4. The van der Waals surface area contributed by atoms with E-state index in [1.54, 1.807) is 24.3 Å². The first kappa shape index (κ1) is 20.8. The van der Waals surface area contributed by atoms with Crippen molar-refractivity contribution >= 4 is 15.9 Å². The molecule has 0 aromatic heterocycles. The summed E-state index contributed by atoms with van der Waals surface area (Å²) in [6.07, 6.45) is 9.63. The third-order valence-corrected chi connectivity index (χ3v) is 7.96. The van der Waals surface area contributed by atoms with Crippen LogP contribution in [0.5, 0.6) is 0 Å². The van der Waals surface area contributed by atoms with Gasteiger partial charge in [0, 0.05) is 37.8 Å². The largest absolute Gasteiger partial charge is 0.337 e. The van der Waals surface area contributed by atoms with Crippen molar-refractivity contribution in [2.75, 3.05) is 32.7 Å². The lowest BCUT2D eigenvalue weighted by Gasteiger charge is -2.28. The highest BCUT2D eigenvalue weighted by Gasteiger charge is 2.28. The van der Waals surface area contributed by atoms with E-state index in [1.165, 1.54) is 38.6 Å². The summed E-state index contributed by atoms with van der Waals surface area (Å²) in [7, 11) is -3.47. The molecule has 1 aliphatic heterocycles. The molecule has 1 saturated heterocycles. The molecule has 29 heavy (non-hydrogen) atoms. The number of benzene rings is 1. The molecule has 1 aromatic carbocycles. The topological polar surface area (TPSA) is 69.7 Å². The van der Waals surface area contributed by atoms with Gasteiger partial charge in [-0.2, -0.15) is 0 Å². The molecular formula is C22H33N3O3S. The maximum atomic E-state index is 12.9. The van der Waals surface area contributed by atoms with Gasteiger partial charge in [-0.25, -0.2) is 13.1 Å². The van der Waals surface area contributed by atoms with Crippen molar-refractivity contribution < 1.29 is 13.2 Å². The second kappa shape index (κ2) is 9.14. The summed E-state index contributed by atoms with van der Waals surface area (Å²) in [6, 6.07) is 6.47. The van der Waals surface area contributed by atoms with Gasteiger partial charge in [-0.15, -0.1) is 0 Å². The van der Waals surface area contributed by atoms with Gasteiger partial charge in [-0.05, 0) is 68.8 Å². The summed E-state index contributed by atoms with van der Waals surface area (Å²) in [6.45, 7) is 4.67. The second-order valence-corrected chi connectivity index (χ2v) is 10.6. The molecule has 1 aromatic rings. The number of carbonyl (C=O) groups is 1. The Morgan fingerprint density at radius 3 is 2.31 bits per heavy atom. The number of nitrogens with zero attached hydrogens (tertiary/aromatic N) is 2. The van der Waals surface area contributed by atoms with E-state index in [0.717, 1.165) is 51.4 Å². The number of nitrogens with one attached hydrogen (secondary N) is 1. The molecule has 7 heteroatoms. The fourth-order valence-corrected chi connectivity index (χ4v) is 5.84. The first-order valence-electron chi connectivity index (χ1n) is 11.2. The molecule has 2 aliphatic carbocycles. The van der Waals surface area contributed by atoms with Gasteiger partial charge in [0.1, 0.15) is 0 Å². The van der Waals surface area contributed by atoms with E-state index in [9.17, 15) is 13.2 Å². The standard InChI is InChI=1S/C22H33N3O3S/c26-22(19-7-11-21(12-8-19)29(27,28)23-20-9-10-20)25-14-4-13-24(15-16-25)17-18-5-2-1-3-6-18/h7-8,11-12,18,20,23H,1-6,9-10,13-17H2. The van der Waals surface area contributed by atoms with Crippen LogP contribution in [0.25, 0.3) is 0 Å². The fraction of sp³-hybridized carbons (Fsp3) is 0.682. The minimum absolute atomic E-state index is 0.00335. The van der Waals surface area contributed by atoms with Crippen LogP contribution in [0.15, 0.2) is 29.2 Å². The van der Waals surface area contributed by atoms with Gasteiger partial charge in [-0.3, -0.25) is 4.79 Å². The molecule has 3 fully saturated rings. The summed E-state index contributed by atoms with van der Waals surface area (Å²) in [4.78, 5) is 17.6. The molecule has 4 rings (SSSR count). The van der Waals surface area contributed by atoms with Crippen LogP contribution in [-0.4, -0.2) is 62.9 Å². The van der Waals surface area contributed by atoms with E-state index in [0.29, 0.717) is 5.56 Å². The first-order chi connectivity index (χ1) is 14.0. The molecule has 0 atom stereocenters. The third kappa shape index (κ3) is 5.58. The van der Waals surface area contributed by atoms with Gasteiger partial charge in [0.15, 0.2) is 0 Å². The van der Waals surface area contributed by atoms with Crippen LogP contribution in [0.2, 0.25) is 0 Å². The minimum atomic E-state index is -3.47. The first-order valence-corrected chi connectivity index (χ1v) is 12.6. The summed E-state index contributed by atoms with van der Waals surface area (Å²) >= 11 is 0. The van der Waals surface area contributed by atoms with Crippen LogP contribution in [0.4, 0.5) is 0 Å². The summed E-state index contributed by atoms with van der Waals surface area (Å²) in [5.41, 5.74) is 0.566. The Morgan fingerprint density at radius 1 is 0.897 bits per heavy atom. The predicted molar refractivity (Wildman–Crippen MR) is 113 cm³/mol. The Labute approximate surface area is 174 Å². The van der Waals surface area contributed by atoms with Gasteiger partial charge >= 0.3 is 0 Å². The smallest absolute Gasteiger partial charge is 0.253 e. The van der Waals surface area contributed by atoms with Crippen molar-refractivity contribution in [3.05, 3.63) is 29.8 Å². The Kier molecular flexibility index (Phi) is 6.56. The SMILES string of the molecule is O=C(c1ccc(S(=O)(=O)NC2CC2)cc1)N1CCCN(CC2CCCCC2)CC1. The molecule has 0 bridgehead atoms. The van der Waals surface area contributed by atoms with Crippen LogP contribution in [0.3, 0.4) is 0 Å². The average molecular weight is 420 g/mol. The molecule has 2 saturated carbocycles. The second-order valence-electron chi connectivity index (χ2n) is 8.87. The minimum Gasteiger partial charge on any atom is -0.337 e. The monoisotopic (exact) mass is 419 g/mol. The Bertz CT molecular complexity index is 799. The van der Waals surface area contributed by atoms with E-state index in [-0.39, 0.29) is 16.8 Å². The third-order valence-electron chi connectivity index (χ3n) is 6.43. The zero-order valence-electron chi connectivity index (χ0n) is 17.2. The molecule has 1 N–H and O–H groups in total. The Hall–Kier alpha value is -1.44. The molecule has 3 aliphatic rings. The molecule has 0 radical (unpaired) electrons. The number of amides is 1. The van der Waals surface area contributed by atoms with Gasteiger partial charge in [-0.1, -0.05) is 19.3 Å². The Morgan fingerprint density at radius 2 is 1.62 bits per heavy atom. The van der Waals surface area contributed by atoms with Gasteiger partial charge < -0.3 is 9.80 Å². The summed E-state index contributed by atoms with van der Waals surface area (Å²) in [5, 5.41) is 0. The quantitative estimate of drug-likeness (QED) is 0.770. The van der Waals surface area contributed by atoms with Gasteiger partial charge in [0.05, 0.1) is 4.90 Å². The molecule has 0 unspecified atom stereocenters. The number of carbonyl (C=O) groups excluding carboxylic acids is 1. The highest BCUT2D eigenvalue weighted by Crippen LogP contribution is 2.25. The van der Waals surface area contributed by atoms with Crippen molar-refractivity contribution in [1.82, 2.24) is 14.5 Å². The van der Waals surface area contributed by atoms with E-state index < -0.39 is 10.0 Å². The lowest BCUT2D eigenvalue weighted by molar-refractivity contribution is 0.0760. The van der Waals surface area contributed by atoms with Crippen molar-refractivity contribution in [2.24, 2.45) is 5.92 Å². The summed E-state index contributed by atoms with van der Waals surface area (Å²) in [5.74, 6) is 0.827. The highest BCUT2D eigenvalue weighted by atomic mass is 32.2. The number of hydrogen-bond donors (Lipinski definition) is 1. The fourth-order valence-electron chi connectivity index (χ4n) is 4.54. The van der Waals surface area contributed by atoms with E-state index in [1.807, 2.05) is 4.90 Å². The van der Waals surface area contributed by atoms with Crippen LogP contribution < -0.4 is 4.72 Å². The maximum absolute atomic E-state index is 12.9. The van der Waals surface area contributed by atoms with E-state index in [4.69, 9.17) is 0 Å². The molecular weight excluding hydrogens is 386 g/mol. The Balaban J connectivity index is 1.33. The molecule has 1 amide bonds. The predicted octanol–water partition coefficient (Wildman–Crippen LogP) is 2.86. The normalized spacial score (nSPS) is 22.4. The van der Waals surface area contributed by atoms with E-state index in [2.05, 4.69) is 9.62 Å². The number of sulfonamides is 1. The van der Waals surface area contributed by atoms with Crippen molar-refractivity contribution in [2.45, 2.75) is 62.3 Å². The van der Waals surface area contributed by atoms with Crippen molar-refractivity contribution in [3.8, 4) is 0 Å². The number of rotatable bonds is 6. The molecule has 1 heterocycles. The van der Waals surface area contributed by atoms with Crippen LogP contribution in [0.1, 0.15) is 61.7 Å². The molecule has 160 valence electrons.